The van der Waals surface area contributed by atoms with Crippen molar-refractivity contribution in [3.63, 3.8) is 0 Å². The molecule has 1 aliphatic rings. The quantitative estimate of drug-likeness (QED) is 0.878. The van der Waals surface area contributed by atoms with Gasteiger partial charge in [-0.15, -0.1) is 0 Å². The van der Waals surface area contributed by atoms with Gasteiger partial charge in [0.05, 0.1) is 0 Å². The molecule has 2 rings (SSSR count). The van der Waals surface area contributed by atoms with E-state index >= 15 is 0 Å². The van der Waals surface area contributed by atoms with Crippen LogP contribution in [0.4, 0.5) is 0 Å². The number of rotatable bonds is 4. The highest BCUT2D eigenvalue weighted by Gasteiger charge is 2.22. The molecule has 2 nitrogen and oxygen atoms in total. The van der Waals surface area contributed by atoms with Gasteiger partial charge in [0.25, 0.3) is 0 Å². The number of hydrogen-bond donors (Lipinski definition) is 1. The second-order valence-corrected chi connectivity index (χ2v) is 5.81. The van der Waals surface area contributed by atoms with Crippen LogP contribution in [0.1, 0.15) is 37.8 Å². The van der Waals surface area contributed by atoms with Crippen molar-refractivity contribution >= 4 is 0 Å². The summed E-state index contributed by atoms with van der Waals surface area (Å²) < 4.78 is 0. The minimum atomic E-state index is 0.731. The van der Waals surface area contributed by atoms with Gasteiger partial charge >= 0.3 is 0 Å². The first kappa shape index (κ1) is 13.6. The van der Waals surface area contributed by atoms with E-state index in [4.69, 9.17) is 0 Å². The highest BCUT2D eigenvalue weighted by molar-refractivity contribution is 5.23. The van der Waals surface area contributed by atoms with Crippen LogP contribution in [-0.4, -0.2) is 24.5 Å². The SMILES string of the molecule is CNCc1cccc(CN2CC(C)CCC2C)c1. The fourth-order valence-corrected chi connectivity index (χ4v) is 2.88. The maximum Gasteiger partial charge on any atom is 0.0236 e. The van der Waals surface area contributed by atoms with E-state index in [-0.39, 0.29) is 0 Å². The summed E-state index contributed by atoms with van der Waals surface area (Å²) in [6, 6.07) is 9.70. The van der Waals surface area contributed by atoms with Crippen LogP contribution in [0.25, 0.3) is 0 Å². The molecule has 0 radical (unpaired) electrons. The summed E-state index contributed by atoms with van der Waals surface area (Å²) >= 11 is 0. The molecule has 1 saturated heterocycles. The fraction of sp³-hybridized carbons (Fsp3) is 0.625. The molecule has 0 saturated carbocycles. The molecule has 100 valence electrons. The van der Waals surface area contributed by atoms with E-state index in [2.05, 4.69) is 48.3 Å². The molecule has 0 aromatic heterocycles. The van der Waals surface area contributed by atoms with Crippen molar-refractivity contribution < 1.29 is 0 Å². The highest BCUT2D eigenvalue weighted by Crippen LogP contribution is 2.23. The molecule has 0 bridgehead atoms. The Morgan fingerprint density at radius 2 is 2.00 bits per heavy atom. The van der Waals surface area contributed by atoms with Gasteiger partial charge in [0.1, 0.15) is 0 Å². The average molecular weight is 246 g/mol. The second kappa shape index (κ2) is 6.35. The van der Waals surface area contributed by atoms with Crippen LogP contribution in [0, 0.1) is 5.92 Å². The van der Waals surface area contributed by atoms with Gasteiger partial charge in [0.15, 0.2) is 0 Å². The van der Waals surface area contributed by atoms with Crippen molar-refractivity contribution in [2.75, 3.05) is 13.6 Å². The van der Waals surface area contributed by atoms with Crippen LogP contribution < -0.4 is 5.32 Å². The molecule has 1 aromatic carbocycles. The number of likely N-dealkylation sites (tertiary alicyclic amines) is 1. The van der Waals surface area contributed by atoms with Crippen molar-refractivity contribution in [1.82, 2.24) is 10.2 Å². The van der Waals surface area contributed by atoms with E-state index in [9.17, 15) is 0 Å². The largest absolute Gasteiger partial charge is 0.316 e. The minimum Gasteiger partial charge on any atom is -0.316 e. The topological polar surface area (TPSA) is 15.3 Å². The Labute approximate surface area is 111 Å². The zero-order valence-corrected chi connectivity index (χ0v) is 11.9. The number of piperidine rings is 1. The van der Waals surface area contributed by atoms with Crippen LogP contribution in [0.15, 0.2) is 24.3 Å². The lowest BCUT2D eigenvalue weighted by Gasteiger charge is -2.36. The first-order valence-electron chi connectivity index (χ1n) is 7.15. The monoisotopic (exact) mass is 246 g/mol. The number of benzene rings is 1. The summed E-state index contributed by atoms with van der Waals surface area (Å²) in [7, 11) is 2.00. The van der Waals surface area contributed by atoms with Crippen LogP contribution in [0.2, 0.25) is 0 Å². The molecule has 1 aliphatic heterocycles. The van der Waals surface area contributed by atoms with Crippen molar-refractivity contribution in [2.24, 2.45) is 5.92 Å². The van der Waals surface area contributed by atoms with Gasteiger partial charge in [0.2, 0.25) is 0 Å². The van der Waals surface area contributed by atoms with Gasteiger partial charge in [-0.3, -0.25) is 4.90 Å². The number of nitrogens with one attached hydrogen (secondary N) is 1. The predicted molar refractivity (Wildman–Crippen MR) is 77.5 cm³/mol. The van der Waals surface area contributed by atoms with E-state index in [0.717, 1.165) is 25.0 Å². The third-order valence-corrected chi connectivity index (χ3v) is 4.00. The molecule has 0 aliphatic carbocycles. The summed E-state index contributed by atoms with van der Waals surface area (Å²) in [5.41, 5.74) is 2.83. The molecule has 18 heavy (non-hydrogen) atoms. The van der Waals surface area contributed by atoms with Crippen molar-refractivity contribution in [3.8, 4) is 0 Å². The van der Waals surface area contributed by atoms with E-state index in [1.165, 1.54) is 30.5 Å². The molecular formula is C16H26N2. The van der Waals surface area contributed by atoms with Crippen LogP contribution in [0.5, 0.6) is 0 Å². The molecule has 0 spiro atoms. The zero-order chi connectivity index (χ0) is 13.0. The Hall–Kier alpha value is -0.860. The fourth-order valence-electron chi connectivity index (χ4n) is 2.88. The van der Waals surface area contributed by atoms with Crippen molar-refractivity contribution in [3.05, 3.63) is 35.4 Å². The lowest BCUT2D eigenvalue weighted by molar-refractivity contribution is 0.117. The maximum atomic E-state index is 3.22. The predicted octanol–water partition coefficient (Wildman–Crippen LogP) is 3.03. The van der Waals surface area contributed by atoms with E-state index in [1.54, 1.807) is 0 Å². The molecule has 1 aromatic rings. The summed E-state index contributed by atoms with van der Waals surface area (Å²) in [5, 5.41) is 3.22. The van der Waals surface area contributed by atoms with E-state index in [1.807, 2.05) is 7.05 Å². The Bertz CT molecular complexity index is 375. The zero-order valence-electron chi connectivity index (χ0n) is 11.9. The van der Waals surface area contributed by atoms with Crippen molar-refractivity contribution in [1.29, 1.82) is 0 Å². The minimum absolute atomic E-state index is 0.731. The summed E-state index contributed by atoms with van der Waals surface area (Å²) in [6.07, 6.45) is 2.73. The molecule has 1 heterocycles. The van der Waals surface area contributed by atoms with Crippen LogP contribution in [0.3, 0.4) is 0 Å². The standard InChI is InChI=1S/C16H26N2/c1-13-7-8-14(2)18(11-13)12-16-6-4-5-15(9-16)10-17-3/h4-6,9,13-14,17H,7-8,10-12H2,1-3H3. The molecule has 2 atom stereocenters. The van der Waals surface area contributed by atoms with Gasteiger partial charge in [0, 0.05) is 25.7 Å². The normalized spacial score (nSPS) is 25.3. The number of hydrogen-bond acceptors (Lipinski definition) is 2. The molecule has 2 heteroatoms. The number of nitrogens with zero attached hydrogens (tertiary/aromatic N) is 1. The smallest absolute Gasteiger partial charge is 0.0236 e. The van der Waals surface area contributed by atoms with Gasteiger partial charge < -0.3 is 5.32 Å². The first-order valence-corrected chi connectivity index (χ1v) is 7.15. The molecular weight excluding hydrogens is 220 g/mol. The Morgan fingerprint density at radius 3 is 2.78 bits per heavy atom. The third kappa shape index (κ3) is 3.56. The Morgan fingerprint density at radius 1 is 1.22 bits per heavy atom. The van der Waals surface area contributed by atoms with Gasteiger partial charge in [-0.2, -0.15) is 0 Å². The third-order valence-electron chi connectivity index (χ3n) is 4.00. The summed E-state index contributed by atoms with van der Waals surface area (Å²) in [6.45, 7) is 8.04. The van der Waals surface area contributed by atoms with Crippen LogP contribution >= 0.6 is 0 Å². The van der Waals surface area contributed by atoms with Gasteiger partial charge in [-0.05, 0) is 43.9 Å². The van der Waals surface area contributed by atoms with Crippen LogP contribution in [-0.2, 0) is 13.1 Å². The lowest BCUT2D eigenvalue weighted by Crippen LogP contribution is -2.40. The summed E-state index contributed by atoms with van der Waals surface area (Å²) in [4.78, 5) is 2.63. The molecule has 1 fully saturated rings. The van der Waals surface area contributed by atoms with E-state index < -0.39 is 0 Å². The van der Waals surface area contributed by atoms with Gasteiger partial charge in [-0.25, -0.2) is 0 Å². The molecule has 0 amide bonds. The van der Waals surface area contributed by atoms with E-state index in [0.29, 0.717) is 0 Å². The Kier molecular flexibility index (Phi) is 4.79. The van der Waals surface area contributed by atoms with Gasteiger partial charge in [-0.1, -0.05) is 31.2 Å². The summed E-state index contributed by atoms with van der Waals surface area (Å²) in [5.74, 6) is 0.849. The lowest BCUT2D eigenvalue weighted by atomic mass is 9.94. The molecule has 1 N–H and O–H groups in total. The average Bonchev–Trinajstić information content (AvgIpc) is 2.35. The molecule has 2 unspecified atom stereocenters. The highest BCUT2D eigenvalue weighted by atomic mass is 15.2. The first-order chi connectivity index (χ1) is 8.69. The second-order valence-electron chi connectivity index (χ2n) is 5.81. The van der Waals surface area contributed by atoms with Crippen molar-refractivity contribution in [2.45, 2.75) is 45.8 Å². The maximum absolute atomic E-state index is 3.22. The Balaban J connectivity index is 2.01.